The SMILES string of the molecule is CCn1cc(C(=O)C(=S)NCCc2ccccc2)c2ccccc21. The molecule has 1 heterocycles. The monoisotopic (exact) mass is 336 g/mol. The molecule has 122 valence electrons. The van der Waals surface area contributed by atoms with Crippen LogP contribution in [0.5, 0.6) is 0 Å². The Morgan fingerprint density at radius 3 is 2.54 bits per heavy atom. The van der Waals surface area contributed by atoms with Crippen LogP contribution in [0.2, 0.25) is 0 Å². The zero-order valence-corrected chi connectivity index (χ0v) is 14.5. The highest BCUT2D eigenvalue weighted by Gasteiger charge is 2.17. The van der Waals surface area contributed by atoms with E-state index in [0.717, 1.165) is 23.9 Å². The number of fused-ring (bicyclic) bond motifs is 1. The minimum absolute atomic E-state index is 0.110. The molecule has 0 bridgehead atoms. The van der Waals surface area contributed by atoms with Crippen molar-refractivity contribution in [3.05, 3.63) is 71.9 Å². The summed E-state index contributed by atoms with van der Waals surface area (Å²) in [7, 11) is 0. The fourth-order valence-electron chi connectivity index (χ4n) is 2.86. The van der Waals surface area contributed by atoms with Crippen LogP contribution >= 0.6 is 12.2 Å². The van der Waals surface area contributed by atoms with Crippen LogP contribution in [0.3, 0.4) is 0 Å². The number of benzene rings is 2. The minimum Gasteiger partial charge on any atom is -0.373 e. The van der Waals surface area contributed by atoms with Crippen molar-refractivity contribution in [3.63, 3.8) is 0 Å². The summed E-state index contributed by atoms with van der Waals surface area (Å²) in [5.74, 6) is -0.110. The average Bonchev–Trinajstić information content (AvgIpc) is 3.00. The molecule has 2 aromatic carbocycles. The number of thiocarbonyl (C=S) groups is 1. The van der Waals surface area contributed by atoms with Gasteiger partial charge < -0.3 is 9.88 Å². The number of hydrogen-bond donors (Lipinski definition) is 1. The van der Waals surface area contributed by atoms with Gasteiger partial charge in [0.1, 0.15) is 4.99 Å². The number of nitrogens with one attached hydrogen (secondary N) is 1. The van der Waals surface area contributed by atoms with Crippen molar-refractivity contribution in [2.75, 3.05) is 6.54 Å². The Kier molecular flexibility index (Phi) is 5.06. The van der Waals surface area contributed by atoms with Crippen LogP contribution in [0, 0.1) is 0 Å². The number of para-hydroxylation sites is 1. The van der Waals surface area contributed by atoms with Gasteiger partial charge in [-0.2, -0.15) is 0 Å². The Labute approximate surface area is 147 Å². The Balaban J connectivity index is 1.71. The first kappa shape index (κ1) is 16.4. The maximum absolute atomic E-state index is 12.7. The highest BCUT2D eigenvalue weighted by Crippen LogP contribution is 2.22. The molecule has 1 N–H and O–H groups in total. The van der Waals surface area contributed by atoms with Gasteiger partial charge in [-0.3, -0.25) is 4.79 Å². The summed E-state index contributed by atoms with van der Waals surface area (Å²) in [6.07, 6.45) is 2.74. The number of aryl methyl sites for hydroxylation is 1. The maximum Gasteiger partial charge on any atom is 0.222 e. The van der Waals surface area contributed by atoms with E-state index in [1.165, 1.54) is 5.56 Å². The van der Waals surface area contributed by atoms with E-state index in [0.29, 0.717) is 12.1 Å². The number of ketones is 1. The first-order valence-electron chi connectivity index (χ1n) is 8.15. The molecule has 0 aliphatic carbocycles. The van der Waals surface area contributed by atoms with E-state index in [-0.39, 0.29) is 10.8 Å². The Morgan fingerprint density at radius 2 is 1.79 bits per heavy atom. The standard InChI is InChI=1S/C20H20N2OS/c1-2-22-14-17(16-10-6-7-11-18(16)22)19(23)20(24)21-13-12-15-8-4-3-5-9-15/h3-11,14H,2,12-13H2,1H3,(H,21,24). The molecule has 0 radical (unpaired) electrons. The topological polar surface area (TPSA) is 34.0 Å². The zero-order valence-electron chi connectivity index (χ0n) is 13.7. The van der Waals surface area contributed by atoms with Gasteiger partial charge in [-0.25, -0.2) is 0 Å². The van der Waals surface area contributed by atoms with Crippen LogP contribution in [-0.2, 0) is 13.0 Å². The fourth-order valence-corrected chi connectivity index (χ4v) is 3.07. The van der Waals surface area contributed by atoms with Gasteiger partial charge in [0.05, 0.1) is 5.56 Å². The lowest BCUT2D eigenvalue weighted by Gasteiger charge is -2.06. The molecule has 3 nitrogen and oxygen atoms in total. The second kappa shape index (κ2) is 7.41. The quantitative estimate of drug-likeness (QED) is 0.546. The third-order valence-corrected chi connectivity index (χ3v) is 4.45. The van der Waals surface area contributed by atoms with E-state index in [9.17, 15) is 4.79 Å². The highest BCUT2D eigenvalue weighted by molar-refractivity contribution is 7.82. The van der Waals surface area contributed by atoms with E-state index in [1.54, 1.807) is 0 Å². The first-order chi connectivity index (χ1) is 11.7. The predicted octanol–water partition coefficient (Wildman–Crippen LogP) is 4.00. The number of Topliss-reactive ketones (excluding diaryl/α,β-unsaturated/α-hetero) is 1. The number of nitrogens with zero attached hydrogens (tertiary/aromatic N) is 1. The molecule has 0 fully saturated rings. The molecular formula is C20H20N2OS. The van der Waals surface area contributed by atoms with Gasteiger partial charge in [0.25, 0.3) is 0 Å². The summed E-state index contributed by atoms with van der Waals surface area (Å²) < 4.78 is 2.08. The lowest BCUT2D eigenvalue weighted by atomic mass is 10.1. The second-order valence-corrected chi connectivity index (χ2v) is 6.07. The molecule has 3 aromatic rings. The van der Waals surface area contributed by atoms with E-state index in [2.05, 4.69) is 28.9 Å². The largest absolute Gasteiger partial charge is 0.373 e. The van der Waals surface area contributed by atoms with Crippen molar-refractivity contribution in [1.82, 2.24) is 9.88 Å². The molecule has 0 aliphatic heterocycles. The van der Waals surface area contributed by atoms with Crippen LogP contribution in [0.25, 0.3) is 10.9 Å². The molecule has 0 unspecified atom stereocenters. The van der Waals surface area contributed by atoms with Crippen LogP contribution < -0.4 is 5.32 Å². The van der Waals surface area contributed by atoms with Crippen LogP contribution in [0.4, 0.5) is 0 Å². The van der Waals surface area contributed by atoms with Gasteiger partial charge in [0.15, 0.2) is 0 Å². The number of aromatic nitrogens is 1. The Bertz CT molecular complexity index is 868. The molecule has 0 saturated carbocycles. The van der Waals surface area contributed by atoms with Crippen LogP contribution in [0.15, 0.2) is 60.8 Å². The lowest BCUT2D eigenvalue weighted by molar-refractivity contribution is 0.106. The molecular weight excluding hydrogens is 316 g/mol. The van der Waals surface area contributed by atoms with Gasteiger partial charge in [0.2, 0.25) is 5.78 Å². The summed E-state index contributed by atoms with van der Waals surface area (Å²) in [4.78, 5) is 13.0. The summed E-state index contributed by atoms with van der Waals surface area (Å²) in [5.41, 5.74) is 2.96. The number of carbonyl (C=O) groups excluding carboxylic acids is 1. The molecule has 0 amide bonds. The second-order valence-electron chi connectivity index (χ2n) is 5.67. The van der Waals surface area contributed by atoms with Crippen molar-refractivity contribution >= 4 is 33.9 Å². The third-order valence-electron chi connectivity index (χ3n) is 4.12. The molecule has 0 aliphatic rings. The van der Waals surface area contributed by atoms with E-state index < -0.39 is 0 Å². The van der Waals surface area contributed by atoms with Gasteiger partial charge in [-0.05, 0) is 25.0 Å². The minimum atomic E-state index is -0.110. The summed E-state index contributed by atoms with van der Waals surface area (Å²) in [6, 6.07) is 18.1. The molecule has 0 saturated heterocycles. The zero-order chi connectivity index (χ0) is 16.9. The summed E-state index contributed by atoms with van der Waals surface area (Å²) >= 11 is 5.31. The van der Waals surface area contributed by atoms with E-state index in [1.807, 2.05) is 48.7 Å². The summed E-state index contributed by atoms with van der Waals surface area (Å²) in [5, 5.41) is 4.05. The fraction of sp³-hybridized carbons (Fsp3) is 0.200. The molecule has 0 atom stereocenters. The number of rotatable bonds is 6. The smallest absolute Gasteiger partial charge is 0.222 e. The molecule has 3 rings (SSSR count). The maximum atomic E-state index is 12.7. The van der Waals surface area contributed by atoms with Gasteiger partial charge >= 0.3 is 0 Å². The van der Waals surface area contributed by atoms with Gasteiger partial charge in [-0.1, -0.05) is 60.7 Å². The van der Waals surface area contributed by atoms with Crippen molar-refractivity contribution in [2.24, 2.45) is 0 Å². The predicted molar refractivity (Wildman–Crippen MR) is 103 cm³/mol. The highest BCUT2D eigenvalue weighted by atomic mass is 32.1. The lowest BCUT2D eigenvalue weighted by Crippen LogP contribution is -2.30. The van der Waals surface area contributed by atoms with E-state index in [4.69, 9.17) is 12.2 Å². The third kappa shape index (κ3) is 3.39. The first-order valence-corrected chi connectivity index (χ1v) is 8.56. The number of hydrogen-bond acceptors (Lipinski definition) is 2. The van der Waals surface area contributed by atoms with E-state index >= 15 is 0 Å². The van der Waals surface area contributed by atoms with Crippen molar-refractivity contribution < 1.29 is 4.79 Å². The van der Waals surface area contributed by atoms with Gasteiger partial charge in [0, 0.05) is 30.2 Å². The van der Waals surface area contributed by atoms with Crippen molar-refractivity contribution in [1.29, 1.82) is 0 Å². The number of carbonyl (C=O) groups is 1. The van der Waals surface area contributed by atoms with Crippen LogP contribution in [0.1, 0.15) is 22.8 Å². The van der Waals surface area contributed by atoms with Crippen LogP contribution in [-0.4, -0.2) is 21.9 Å². The normalized spacial score (nSPS) is 10.7. The van der Waals surface area contributed by atoms with Crippen molar-refractivity contribution in [2.45, 2.75) is 19.9 Å². The summed E-state index contributed by atoms with van der Waals surface area (Å²) in [6.45, 7) is 3.54. The van der Waals surface area contributed by atoms with Crippen molar-refractivity contribution in [3.8, 4) is 0 Å². The molecule has 24 heavy (non-hydrogen) atoms. The average molecular weight is 336 g/mol. The molecule has 4 heteroatoms. The Hall–Kier alpha value is -2.46. The van der Waals surface area contributed by atoms with Gasteiger partial charge in [-0.15, -0.1) is 0 Å². The molecule has 0 spiro atoms. The Morgan fingerprint density at radius 1 is 1.08 bits per heavy atom. The molecule has 1 aromatic heterocycles.